The average Bonchev–Trinajstić information content (AvgIpc) is 2.56. The molecule has 2 aromatic rings. The number of nitrogens with zero attached hydrogens (tertiary/aromatic N) is 2. The summed E-state index contributed by atoms with van der Waals surface area (Å²) in [5, 5.41) is 3.48. The van der Waals surface area contributed by atoms with Crippen LogP contribution >= 0.6 is 12.4 Å². The number of rotatable bonds is 4. The molecule has 1 aromatic carbocycles. The minimum Gasteiger partial charge on any atom is -0.496 e. The molecule has 1 aliphatic rings. The van der Waals surface area contributed by atoms with Crippen LogP contribution in [0.25, 0.3) is 0 Å². The maximum atomic E-state index is 5.53. The average molecular weight is 320 g/mol. The van der Waals surface area contributed by atoms with E-state index in [1.807, 2.05) is 30.5 Å². The Morgan fingerprint density at radius 2 is 2.05 bits per heavy atom. The predicted molar refractivity (Wildman–Crippen MR) is 90.5 cm³/mol. The van der Waals surface area contributed by atoms with Crippen molar-refractivity contribution in [2.45, 2.75) is 12.6 Å². The fraction of sp³-hybridized carbons (Fsp3) is 0.353. The van der Waals surface area contributed by atoms with Crippen molar-refractivity contribution in [2.75, 3.05) is 26.7 Å². The van der Waals surface area contributed by atoms with Crippen LogP contribution in [0.1, 0.15) is 17.3 Å². The van der Waals surface area contributed by atoms with Gasteiger partial charge in [0, 0.05) is 37.9 Å². The smallest absolute Gasteiger partial charge is 0.123 e. The number of ether oxygens (including phenoxy) is 1. The highest BCUT2D eigenvalue weighted by atomic mass is 35.5. The van der Waals surface area contributed by atoms with Crippen LogP contribution in [0.2, 0.25) is 0 Å². The molecule has 2 heterocycles. The first kappa shape index (κ1) is 16.7. The molecule has 1 N–H and O–H groups in total. The number of hydrogen-bond donors (Lipinski definition) is 1. The van der Waals surface area contributed by atoms with E-state index in [1.165, 1.54) is 5.56 Å². The maximum absolute atomic E-state index is 5.53. The van der Waals surface area contributed by atoms with E-state index in [2.05, 4.69) is 33.4 Å². The third kappa shape index (κ3) is 3.77. The zero-order chi connectivity index (χ0) is 14.5. The molecule has 0 saturated carbocycles. The molecule has 1 fully saturated rings. The second-order valence-electron chi connectivity index (χ2n) is 5.25. The Morgan fingerprint density at radius 3 is 2.82 bits per heavy atom. The number of pyridine rings is 1. The first-order valence-electron chi connectivity index (χ1n) is 7.36. The van der Waals surface area contributed by atoms with Crippen LogP contribution in [0.5, 0.6) is 5.75 Å². The van der Waals surface area contributed by atoms with Gasteiger partial charge in [-0.3, -0.25) is 9.88 Å². The lowest BCUT2D eigenvalue weighted by Gasteiger charge is -2.36. The molecular formula is C17H22ClN3O. The first-order valence-corrected chi connectivity index (χ1v) is 7.36. The summed E-state index contributed by atoms with van der Waals surface area (Å²) in [4.78, 5) is 6.92. The monoisotopic (exact) mass is 319 g/mol. The van der Waals surface area contributed by atoms with E-state index in [1.54, 1.807) is 7.11 Å². The van der Waals surface area contributed by atoms with Crippen LogP contribution in [0.15, 0.2) is 48.7 Å². The fourth-order valence-electron chi connectivity index (χ4n) is 2.88. The van der Waals surface area contributed by atoms with Gasteiger partial charge in [-0.2, -0.15) is 0 Å². The zero-order valence-corrected chi connectivity index (χ0v) is 13.6. The molecular weight excluding hydrogens is 298 g/mol. The standard InChI is InChI=1S/C17H21N3O.ClH/c1-21-17-8-3-2-7-15(17)16-12-18-10-11-20(16)13-14-6-4-5-9-19-14;/h2-9,16,18H,10-13H2,1H3;1H. The Bertz CT molecular complexity index is 579. The highest BCUT2D eigenvalue weighted by Gasteiger charge is 2.26. The molecule has 1 unspecified atom stereocenters. The van der Waals surface area contributed by atoms with Gasteiger partial charge in [-0.15, -0.1) is 12.4 Å². The van der Waals surface area contributed by atoms with Crippen molar-refractivity contribution in [3.63, 3.8) is 0 Å². The molecule has 0 spiro atoms. The predicted octanol–water partition coefficient (Wildman–Crippen LogP) is 2.66. The van der Waals surface area contributed by atoms with Crippen LogP contribution in [0.3, 0.4) is 0 Å². The van der Waals surface area contributed by atoms with Crippen LogP contribution in [0.4, 0.5) is 0 Å². The molecule has 0 radical (unpaired) electrons. The SMILES string of the molecule is COc1ccccc1C1CNCCN1Cc1ccccn1.Cl. The molecule has 1 aromatic heterocycles. The van der Waals surface area contributed by atoms with Crippen molar-refractivity contribution >= 4 is 12.4 Å². The maximum Gasteiger partial charge on any atom is 0.123 e. The highest BCUT2D eigenvalue weighted by Crippen LogP contribution is 2.30. The van der Waals surface area contributed by atoms with Gasteiger partial charge in [0.1, 0.15) is 5.75 Å². The van der Waals surface area contributed by atoms with E-state index >= 15 is 0 Å². The number of para-hydroxylation sites is 1. The quantitative estimate of drug-likeness (QED) is 0.940. The van der Waals surface area contributed by atoms with E-state index < -0.39 is 0 Å². The second kappa shape index (κ2) is 8.13. The van der Waals surface area contributed by atoms with E-state index in [0.717, 1.165) is 37.6 Å². The zero-order valence-electron chi connectivity index (χ0n) is 12.7. The Hall–Kier alpha value is -1.62. The molecule has 4 nitrogen and oxygen atoms in total. The minimum absolute atomic E-state index is 0. The number of methoxy groups -OCH3 is 1. The van der Waals surface area contributed by atoms with Gasteiger partial charge in [0.05, 0.1) is 18.8 Å². The molecule has 1 atom stereocenters. The molecule has 1 aliphatic heterocycles. The lowest BCUT2D eigenvalue weighted by atomic mass is 10.0. The molecule has 1 saturated heterocycles. The van der Waals surface area contributed by atoms with Gasteiger partial charge in [-0.25, -0.2) is 0 Å². The largest absolute Gasteiger partial charge is 0.496 e. The van der Waals surface area contributed by atoms with E-state index in [-0.39, 0.29) is 12.4 Å². The molecule has 3 rings (SSSR count). The Morgan fingerprint density at radius 1 is 1.23 bits per heavy atom. The minimum atomic E-state index is 0. The second-order valence-corrected chi connectivity index (χ2v) is 5.25. The number of halogens is 1. The first-order chi connectivity index (χ1) is 10.4. The van der Waals surface area contributed by atoms with Gasteiger partial charge in [0.2, 0.25) is 0 Å². The Balaban J connectivity index is 0.00000176. The van der Waals surface area contributed by atoms with Crippen molar-refractivity contribution in [2.24, 2.45) is 0 Å². The van der Waals surface area contributed by atoms with Crippen molar-refractivity contribution in [3.8, 4) is 5.75 Å². The molecule has 0 bridgehead atoms. The molecule has 0 aliphatic carbocycles. The number of benzene rings is 1. The van der Waals surface area contributed by atoms with Crippen LogP contribution in [-0.4, -0.2) is 36.6 Å². The summed E-state index contributed by atoms with van der Waals surface area (Å²) in [5.41, 5.74) is 2.35. The van der Waals surface area contributed by atoms with E-state index in [0.29, 0.717) is 6.04 Å². The molecule has 0 amide bonds. The third-order valence-electron chi connectivity index (χ3n) is 3.94. The third-order valence-corrected chi connectivity index (χ3v) is 3.94. The highest BCUT2D eigenvalue weighted by molar-refractivity contribution is 5.85. The molecule has 22 heavy (non-hydrogen) atoms. The van der Waals surface area contributed by atoms with Crippen molar-refractivity contribution in [1.82, 2.24) is 15.2 Å². The van der Waals surface area contributed by atoms with Crippen molar-refractivity contribution < 1.29 is 4.74 Å². The Labute approximate surface area is 137 Å². The fourth-order valence-corrected chi connectivity index (χ4v) is 2.88. The summed E-state index contributed by atoms with van der Waals surface area (Å²) in [5.74, 6) is 0.956. The lowest BCUT2D eigenvalue weighted by Crippen LogP contribution is -2.45. The summed E-state index contributed by atoms with van der Waals surface area (Å²) in [6, 6.07) is 14.7. The van der Waals surface area contributed by atoms with Gasteiger partial charge in [0.15, 0.2) is 0 Å². The van der Waals surface area contributed by atoms with Gasteiger partial charge >= 0.3 is 0 Å². The van der Waals surface area contributed by atoms with Crippen LogP contribution < -0.4 is 10.1 Å². The van der Waals surface area contributed by atoms with Crippen molar-refractivity contribution in [1.29, 1.82) is 0 Å². The summed E-state index contributed by atoms with van der Waals surface area (Å²) < 4.78 is 5.53. The van der Waals surface area contributed by atoms with E-state index in [4.69, 9.17) is 4.74 Å². The van der Waals surface area contributed by atoms with Gasteiger partial charge in [0.25, 0.3) is 0 Å². The van der Waals surface area contributed by atoms with Gasteiger partial charge in [-0.05, 0) is 18.2 Å². The summed E-state index contributed by atoms with van der Waals surface area (Å²) >= 11 is 0. The van der Waals surface area contributed by atoms with Gasteiger partial charge < -0.3 is 10.1 Å². The molecule has 118 valence electrons. The lowest BCUT2D eigenvalue weighted by molar-refractivity contribution is 0.149. The van der Waals surface area contributed by atoms with Crippen molar-refractivity contribution in [3.05, 3.63) is 59.9 Å². The van der Waals surface area contributed by atoms with Crippen LogP contribution in [-0.2, 0) is 6.54 Å². The van der Waals surface area contributed by atoms with Crippen LogP contribution in [0, 0.1) is 0 Å². The number of piperazine rings is 1. The Kier molecular flexibility index (Phi) is 6.19. The number of nitrogens with one attached hydrogen (secondary N) is 1. The normalized spacial score (nSPS) is 18.5. The van der Waals surface area contributed by atoms with Gasteiger partial charge in [-0.1, -0.05) is 24.3 Å². The van der Waals surface area contributed by atoms with E-state index in [9.17, 15) is 0 Å². The number of hydrogen-bond acceptors (Lipinski definition) is 4. The summed E-state index contributed by atoms with van der Waals surface area (Å²) in [6.07, 6.45) is 1.86. The number of aromatic nitrogens is 1. The summed E-state index contributed by atoms with van der Waals surface area (Å²) in [7, 11) is 1.73. The topological polar surface area (TPSA) is 37.4 Å². The summed E-state index contributed by atoms with van der Waals surface area (Å²) in [6.45, 7) is 3.83. The molecule has 5 heteroatoms.